The summed E-state index contributed by atoms with van der Waals surface area (Å²) in [5.74, 6) is -0.410. The fourth-order valence-corrected chi connectivity index (χ4v) is 2.26. The monoisotopic (exact) mass is 293 g/mol. The lowest BCUT2D eigenvalue weighted by Crippen LogP contribution is -2.36. The van der Waals surface area contributed by atoms with E-state index in [0.29, 0.717) is 12.3 Å². The molecular weight excluding hydrogens is 264 g/mol. The van der Waals surface area contributed by atoms with Crippen LogP contribution in [-0.2, 0) is 11.5 Å². The summed E-state index contributed by atoms with van der Waals surface area (Å²) in [5.41, 5.74) is 5.75. The number of primary amides is 1. The molecular formula is C17H29N2O2+. The fourth-order valence-electron chi connectivity index (χ4n) is 2.26. The van der Waals surface area contributed by atoms with Crippen molar-refractivity contribution in [1.29, 1.82) is 0 Å². The minimum atomic E-state index is -0.410. The first-order chi connectivity index (χ1) is 10.2. The number of rotatable bonds is 12. The van der Waals surface area contributed by atoms with E-state index >= 15 is 0 Å². The maximum atomic E-state index is 11.1. The van der Waals surface area contributed by atoms with Crippen molar-refractivity contribution in [2.45, 2.75) is 65.0 Å². The molecule has 0 saturated carbocycles. The number of hydrogen-bond donors (Lipinski definition) is 1. The van der Waals surface area contributed by atoms with Crippen molar-refractivity contribution in [2.24, 2.45) is 5.73 Å². The van der Waals surface area contributed by atoms with Crippen LogP contribution < -0.4 is 10.3 Å². The SMILES string of the molecule is CCCCCCCCCCOC[n+]1cccc(C(N)=O)c1. The van der Waals surface area contributed by atoms with Crippen LogP contribution in [0.1, 0.15) is 68.6 Å². The minimum Gasteiger partial charge on any atom is -0.365 e. The molecule has 0 unspecified atom stereocenters. The molecule has 1 aromatic rings. The van der Waals surface area contributed by atoms with Crippen LogP contribution in [-0.4, -0.2) is 12.5 Å². The molecule has 2 N–H and O–H groups in total. The summed E-state index contributed by atoms with van der Waals surface area (Å²) in [6.07, 6.45) is 14.0. The summed E-state index contributed by atoms with van der Waals surface area (Å²) in [7, 11) is 0. The molecule has 118 valence electrons. The number of unbranched alkanes of at least 4 members (excludes halogenated alkanes) is 7. The Morgan fingerprint density at radius 2 is 1.81 bits per heavy atom. The molecule has 4 nitrogen and oxygen atoms in total. The normalized spacial score (nSPS) is 10.7. The number of nitrogens with two attached hydrogens (primary N) is 1. The van der Waals surface area contributed by atoms with Crippen molar-refractivity contribution in [2.75, 3.05) is 6.61 Å². The largest absolute Gasteiger partial charge is 0.365 e. The Morgan fingerprint density at radius 1 is 1.14 bits per heavy atom. The second-order valence-corrected chi connectivity index (χ2v) is 5.48. The maximum absolute atomic E-state index is 11.1. The zero-order chi connectivity index (χ0) is 15.3. The molecule has 0 fully saturated rings. The topological polar surface area (TPSA) is 56.2 Å². The number of carbonyl (C=O) groups is 1. The number of nitrogens with zero attached hydrogens (tertiary/aromatic N) is 1. The highest BCUT2D eigenvalue weighted by molar-refractivity contribution is 5.92. The van der Waals surface area contributed by atoms with Gasteiger partial charge in [-0.05, 0) is 12.5 Å². The molecule has 0 saturated heterocycles. The van der Waals surface area contributed by atoms with E-state index in [9.17, 15) is 4.79 Å². The van der Waals surface area contributed by atoms with E-state index in [1.165, 1.54) is 44.9 Å². The molecule has 4 heteroatoms. The first-order valence-corrected chi connectivity index (χ1v) is 8.10. The maximum Gasteiger partial charge on any atom is 0.254 e. The predicted octanol–water partition coefficient (Wildman–Crippen LogP) is 3.19. The van der Waals surface area contributed by atoms with E-state index in [1.807, 2.05) is 10.8 Å². The zero-order valence-corrected chi connectivity index (χ0v) is 13.2. The molecule has 0 aromatic carbocycles. The predicted molar refractivity (Wildman–Crippen MR) is 83.7 cm³/mol. The van der Waals surface area contributed by atoms with Crippen molar-refractivity contribution in [3.8, 4) is 0 Å². The highest BCUT2D eigenvalue weighted by Gasteiger charge is 2.06. The molecule has 0 aliphatic rings. The average Bonchev–Trinajstić information content (AvgIpc) is 2.49. The van der Waals surface area contributed by atoms with E-state index in [2.05, 4.69) is 6.92 Å². The Morgan fingerprint density at radius 3 is 2.48 bits per heavy atom. The fraction of sp³-hybridized carbons (Fsp3) is 0.647. The summed E-state index contributed by atoms with van der Waals surface area (Å²) in [4.78, 5) is 11.1. The van der Waals surface area contributed by atoms with Crippen LogP contribution in [0.25, 0.3) is 0 Å². The van der Waals surface area contributed by atoms with Crippen LogP contribution in [0.5, 0.6) is 0 Å². The molecule has 0 bridgehead atoms. The van der Waals surface area contributed by atoms with Gasteiger partial charge >= 0.3 is 0 Å². The molecule has 1 rings (SSSR count). The average molecular weight is 293 g/mol. The smallest absolute Gasteiger partial charge is 0.254 e. The number of pyridine rings is 1. The van der Waals surface area contributed by atoms with Crippen LogP contribution in [0.3, 0.4) is 0 Å². The van der Waals surface area contributed by atoms with E-state index in [4.69, 9.17) is 10.5 Å². The standard InChI is InChI=1S/C17H28N2O2/c1-2-3-4-5-6-7-8-9-13-21-15-19-12-10-11-16(14-19)17(18)20/h10-12,14H,2-9,13,15H2,1H3,(H-,18,20)/p+1. The third-order valence-electron chi connectivity index (χ3n) is 3.53. The van der Waals surface area contributed by atoms with Crippen molar-refractivity contribution in [1.82, 2.24) is 0 Å². The number of hydrogen-bond acceptors (Lipinski definition) is 2. The first kappa shape index (κ1) is 17.6. The first-order valence-electron chi connectivity index (χ1n) is 8.10. The molecule has 21 heavy (non-hydrogen) atoms. The Labute approximate surface area is 128 Å². The lowest BCUT2D eigenvalue weighted by molar-refractivity contribution is -0.732. The van der Waals surface area contributed by atoms with E-state index in [0.717, 1.165) is 13.0 Å². The Hall–Kier alpha value is -1.42. The van der Waals surface area contributed by atoms with Crippen molar-refractivity contribution in [3.05, 3.63) is 30.1 Å². The molecule has 0 aliphatic carbocycles. The summed E-state index contributed by atoms with van der Waals surface area (Å²) in [5, 5.41) is 0. The van der Waals surface area contributed by atoms with Crippen molar-refractivity contribution in [3.63, 3.8) is 0 Å². The lowest BCUT2D eigenvalue weighted by atomic mass is 10.1. The number of aromatic nitrogens is 1. The second kappa shape index (κ2) is 11.3. The van der Waals surface area contributed by atoms with Crippen LogP contribution in [0.15, 0.2) is 24.5 Å². The Bertz CT molecular complexity index is 408. The number of amides is 1. The Kier molecular flexibility index (Phi) is 9.46. The summed E-state index contributed by atoms with van der Waals surface area (Å²) < 4.78 is 7.45. The molecule has 0 spiro atoms. The summed E-state index contributed by atoms with van der Waals surface area (Å²) >= 11 is 0. The number of ether oxygens (including phenoxy) is 1. The van der Waals surface area contributed by atoms with E-state index < -0.39 is 5.91 Å². The van der Waals surface area contributed by atoms with Crippen molar-refractivity contribution < 1.29 is 14.1 Å². The molecule has 1 aromatic heterocycles. The van der Waals surface area contributed by atoms with Gasteiger partial charge < -0.3 is 10.5 Å². The van der Waals surface area contributed by atoms with E-state index in [1.54, 1.807) is 18.3 Å². The Balaban J connectivity index is 2.01. The molecule has 0 radical (unpaired) electrons. The van der Waals surface area contributed by atoms with Gasteiger partial charge in [-0.2, -0.15) is 4.57 Å². The second-order valence-electron chi connectivity index (χ2n) is 5.48. The molecule has 0 aliphatic heterocycles. The highest BCUT2D eigenvalue weighted by atomic mass is 16.5. The third-order valence-corrected chi connectivity index (χ3v) is 3.53. The zero-order valence-electron chi connectivity index (χ0n) is 13.2. The molecule has 0 atom stereocenters. The third kappa shape index (κ3) is 8.45. The van der Waals surface area contributed by atoms with Gasteiger partial charge in [-0.25, -0.2) is 0 Å². The minimum absolute atomic E-state index is 0.410. The summed E-state index contributed by atoms with van der Waals surface area (Å²) in [6, 6.07) is 3.51. The van der Waals surface area contributed by atoms with Crippen LogP contribution >= 0.6 is 0 Å². The van der Waals surface area contributed by atoms with Gasteiger partial charge in [0.1, 0.15) is 5.56 Å². The number of carbonyl (C=O) groups excluding carboxylic acids is 1. The van der Waals surface area contributed by atoms with E-state index in [-0.39, 0.29) is 0 Å². The quantitative estimate of drug-likeness (QED) is 0.475. The summed E-state index contributed by atoms with van der Waals surface area (Å²) in [6.45, 7) is 3.48. The van der Waals surface area contributed by atoms with Gasteiger partial charge in [0, 0.05) is 6.07 Å². The van der Waals surface area contributed by atoms with Crippen molar-refractivity contribution >= 4 is 5.91 Å². The van der Waals surface area contributed by atoms with Gasteiger partial charge in [0.05, 0.1) is 6.61 Å². The van der Waals surface area contributed by atoms with Gasteiger partial charge in [0.25, 0.3) is 12.6 Å². The van der Waals surface area contributed by atoms with Crippen LogP contribution in [0.2, 0.25) is 0 Å². The van der Waals surface area contributed by atoms with Gasteiger partial charge in [-0.15, -0.1) is 0 Å². The molecule has 1 heterocycles. The van der Waals surface area contributed by atoms with Gasteiger partial charge in [-0.3, -0.25) is 4.79 Å². The van der Waals surface area contributed by atoms with Crippen LogP contribution in [0, 0.1) is 0 Å². The lowest BCUT2D eigenvalue weighted by Gasteiger charge is -2.03. The highest BCUT2D eigenvalue weighted by Crippen LogP contribution is 2.08. The van der Waals surface area contributed by atoms with Gasteiger partial charge in [0.2, 0.25) is 0 Å². The molecule has 1 amide bonds. The van der Waals surface area contributed by atoms with Crippen LogP contribution in [0.4, 0.5) is 0 Å². The van der Waals surface area contributed by atoms with Gasteiger partial charge in [0.15, 0.2) is 12.4 Å². The van der Waals surface area contributed by atoms with Gasteiger partial charge in [-0.1, -0.05) is 51.9 Å².